The summed E-state index contributed by atoms with van der Waals surface area (Å²) in [5.74, 6) is 0. The minimum atomic E-state index is 0.377. The Kier molecular flexibility index (Phi) is 5.12. The summed E-state index contributed by atoms with van der Waals surface area (Å²) in [4.78, 5) is 6.97. The molecule has 0 bridgehead atoms. The van der Waals surface area contributed by atoms with E-state index in [-0.39, 0.29) is 0 Å². The van der Waals surface area contributed by atoms with Crippen LogP contribution >= 0.6 is 11.8 Å². The van der Waals surface area contributed by atoms with Crippen LogP contribution in [-0.2, 0) is 0 Å². The van der Waals surface area contributed by atoms with E-state index in [1.807, 2.05) is 32.7 Å². The average molecular weight is 302 g/mol. The first-order valence-electron chi connectivity index (χ1n) is 7.37. The lowest BCUT2D eigenvalue weighted by Crippen LogP contribution is -2.70. The predicted molar refractivity (Wildman–Crippen MR) is 93.5 cm³/mol. The number of fused-ring (bicyclic) bond motifs is 2. The third-order valence-electron chi connectivity index (χ3n) is 3.38. The Morgan fingerprint density at radius 1 is 1.19 bits per heavy atom. The Balaban J connectivity index is 0.000000774. The van der Waals surface area contributed by atoms with Crippen LogP contribution in [0.5, 0.6) is 0 Å². The zero-order chi connectivity index (χ0) is 15.4. The normalized spacial score (nSPS) is 18.4. The van der Waals surface area contributed by atoms with Gasteiger partial charge in [-0.25, -0.2) is 4.99 Å². The van der Waals surface area contributed by atoms with Crippen molar-refractivity contribution in [2.75, 3.05) is 26.5 Å². The van der Waals surface area contributed by atoms with Crippen molar-refractivity contribution >= 4 is 28.8 Å². The molecule has 3 rings (SSSR count). The Bertz CT molecular complexity index is 600. The lowest BCUT2D eigenvalue weighted by atomic mass is 10.1. The number of anilines is 1. The summed E-state index contributed by atoms with van der Waals surface area (Å²) in [6, 6.07) is 6.43. The van der Waals surface area contributed by atoms with E-state index < -0.39 is 0 Å². The third kappa shape index (κ3) is 3.32. The molecule has 1 heterocycles. The molecule has 0 aromatic heterocycles. The Labute approximate surface area is 131 Å². The molecule has 1 aromatic carbocycles. The third-order valence-corrected chi connectivity index (χ3v) is 4.62. The molecule has 0 fully saturated rings. The molecule has 4 heteroatoms. The number of hydrogen-bond acceptors (Lipinski definition) is 3. The number of nitrogens with one attached hydrogen (secondary N) is 2. The van der Waals surface area contributed by atoms with Crippen molar-refractivity contribution in [1.82, 2.24) is 4.90 Å². The van der Waals surface area contributed by atoms with E-state index in [1.54, 1.807) is 0 Å². The van der Waals surface area contributed by atoms with Gasteiger partial charge in [0, 0.05) is 44.7 Å². The molecule has 21 heavy (non-hydrogen) atoms. The summed E-state index contributed by atoms with van der Waals surface area (Å²) in [5, 5.41) is 3.57. The smallest absolute Gasteiger partial charge is 0.217 e. The van der Waals surface area contributed by atoms with Crippen molar-refractivity contribution in [3.63, 3.8) is 0 Å². The fourth-order valence-corrected chi connectivity index (χ4v) is 3.44. The van der Waals surface area contributed by atoms with E-state index in [1.165, 1.54) is 22.0 Å². The van der Waals surface area contributed by atoms with Gasteiger partial charge in [0.2, 0.25) is 5.69 Å². The topological polar surface area (TPSA) is 29.2 Å². The van der Waals surface area contributed by atoms with Gasteiger partial charge in [0.05, 0.1) is 4.90 Å². The molecule has 112 valence electrons. The fraction of sp³-hybridized carbons (Fsp3) is 0.353. The quantitative estimate of drug-likeness (QED) is 0.879. The van der Waals surface area contributed by atoms with Crippen LogP contribution in [0.1, 0.15) is 13.8 Å². The SMILES string of the molecule is CC.CNc1ccc2c(c1)SC1C=C(N(C)C)C=CC1=[NH+]2. The second-order valence-electron chi connectivity index (χ2n) is 4.90. The largest absolute Gasteiger partial charge is 0.388 e. The highest BCUT2D eigenvalue weighted by atomic mass is 32.2. The Morgan fingerprint density at radius 2 is 1.95 bits per heavy atom. The van der Waals surface area contributed by atoms with Gasteiger partial charge >= 0.3 is 0 Å². The zero-order valence-electron chi connectivity index (χ0n) is 13.4. The van der Waals surface area contributed by atoms with E-state index in [4.69, 9.17) is 0 Å². The standard InChI is InChI=1S/C15H17N3S.C2H6/c1-16-10-4-6-12-14(8-10)19-15-9-11(18(2)3)5-7-13(15)17-12;1-2/h4-9,15-16H,1-3H3;1-2H3/p+1. The van der Waals surface area contributed by atoms with Crippen LogP contribution in [-0.4, -0.2) is 37.0 Å². The predicted octanol–water partition coefficient (Wildman–Crippen LogP) is 2.40. The first-order chi connectivity index (χ1) is 10.2. The number of thioether (sulfide) groups is 1. The maximum absolute atomic E-state index is 3.53. The minimum Gasteiger partial charge on any atom is -0.388 e. The van der Waals surface area contributed by atoms with Crippen molar-refractivity contribution in [3.8, 4) is 0 Å². The van der Waals surface area contributed by atoms with Crippen LogP contribution < -0.4 is 10.3 Å². The van der Waals surface area contributed by atoms with E-state index in [2.05, 4.69) is 65.7 Å². The highest BCUT2D eigenvalue weighted by Gasteiger charge is 2.29. The van der Waals surface area contributed by atoms with E-state index in [9.17, 15) is 0 Å². The number of benzene rings is 1. The van der Waals surface area contributed by atoms with Gasteiger partial charge in [-0.05, 0) is 24.3 Å². The van der Waals surface area contributed by atoms with Crippen molar-refractivity contribution in [1.29, 1.82) is 0 Å². The molecule has 2 aliphatic rings. The summed E-state index contributed by atoms with van der Waals surface area (Å²) in [6.07, 6.45) is 6.65. The molecule has 3 nitrogen and oxygen atoms in total. The zero-order valence-corrected chi connectivity index (χ0v) is 14.2. The second-order valence-corrected chi connectivity index (χ2v) is 6.08. The highest BCUT2D eigenvalue weighted by Crippen LogP contribution is 2.35. The molecule has 1 aliphatic heterocycles. The number of rotatable bonds is 2. The van der Waals surface area contributed by atoms with Crippen LogP contribution in [0.3, 0.4) is 0 Å². The van der Waals surface area contributed by atoms with Crippen LogP contribution in [0.2, 0.25) is 0 Å². The molecular weight excluding hydrogens is 278 g/mol. The van der Waals surface area contributed by atoms with Gasteiger partial charge in [0.25, 0.3) is 0 Å². The fourth-order valence-electron chi connectivity index (χ4n) is 2.25. The van der Waals surface area contributed by atoms with Crippen LogP contribution in [0.15, 0.2) is 47.0 Å². The van der Waals surface area contributed by atoms with Gasteiger partial charge < -0.3 is 10.2 Å². The molecule has 2 N–H and O–H groups in total. The first-order valence-corrected chi connectivity index (χ1v) is 8.25. The van der Waals surface area contributed by atoms with Crippen molar-refractivity contribution < 1.29 is 4.99 Å². The van der Waals surface area contributed by atoms with Crippen molar-refractivity contribution in [2.24, 2.45) is 0 Å². The monoisotopic (exact) mass is 302 g/mol. The van der Waals surface area contributed by atoms with Crippen LogP contribution in [0, 0.1) is 0 Å². The molecule has 0 saturated heterocycles. The van der Waals surface area contributed by atoms with E-state index in [0.29, 0.717) is 5.25 Å². The number of nitrogens with zero attached hydrogens (tertiary/aromatic N) is 1. The lowest BCUT2D eigenvalue weighted by molar-refractivity contribution is -0.357. The molecule has 1 atom stereocenters. The van der Waals surface area contributed by atoms with Gasteiger partial charge in [-0.2, -0.15) is 0 Å². The van der Waals surface area contributed by atoms with Gasteiger partial charge in [-0.3, -0.25) is 0 Å². The second kappa shape index (κ2) is 6.85. The molecular formula is C17H24N3S+. The molecule has 0 radical (unpaired) electrons. The summed E-state index contributed by atoms with van der Waals surface area (Å²) in [5.41, 5.74) is 4.87. The van der Waals surface area contributed by atoms with Crippen molar-refractivity contribution in [2.45, 2.75) is 24.0 Å². The van der Waals surface area contributed by atoms with Gasteiger partial charge in [-0.1, -0.05) is 13.8 Å². The summed E-state index contributed by atoms with van der Waals surface area (Å²) in [7, 11) is 6.11. The maximum Gasteiger partial charge on any atom is 0.217 e. The van der Waals surface area contributed by atoms with Gasteiger partial charge in [-0.15, -0.1) is 11.8 Å². The number of allylic oxidation sites excluding steroid dienone is 2. The van der Waals surface area contributed by atoms with Crippen LogP contribution in [0.4, 0.5) is 11.4 Å². The van der Waals surface area contributed by atoms with Crippen LogP contribution in [0.25, 0.3) is 0 Å². The Hall–Kier alpha value is -1.68. The maximum atomic E-state index is 3.53. The van der Waals surface area contributed by atoms with Gasteiger partial charge in [0.1, 0.15) is 5.25 Å². The van der Waals surface area contributed by atoms with Gasteiger partial charge in [0.15, 0.2) is 5.71 Å². The Morgan fingerprint density at radius 3 is 2.62 bits per heavy atom. The summed E-state index contributed by atoms with van der Waals surface area (Å²) < 4.78 is 0. The van der Waals surface area contributed by atoms with E-state index in [0.717, 1.165) is 5.69 Å². The molecule has 0 saturated carbocycles. The lowest BCUT2D eigenvalue weighted by Gasteiger charge is -2.22. The van der Waals surface area contributed by atoms with Crippen molar-refractivity contribution in [3.05, 3.63) is 42.1 Å². The highest BCUT2D eigenvalue weighted by molar-refractivity contribution is 8.01. The minimum absolute atomic E-state index is 0.377. The van der Waals surface area contributed by atoms with E-state index >= 15 is 0 Å². The summed E-state index contributed by atoms with van der Waals surface area (Å²) in [6.45, 7) is 4.00. The molecule has 1 unspecified atom stereocenters. The number of likely N-dealkylation sites (N-methyl/N-ethyl adjacent to an activating group) is 1. The summed E-state index contributed by atoms with van der Waals surface area (Å²) >= 11 is 1.90. The average Bonchev–Trinajstić information content (AvgIpc) is 2.53. The molecule has 1 aliphatic carbocycles. The first kappa shape index (κ1) is 15.7. The number of hydrogen-bond donors (Lipinski definition) is 2. The molecule has 0 spiro atoms. The molecule has 1 aromatic rings. The molecule has 0 amide bonds.